The summed E-state index contributed by atoms with van der Waals surface area (Å²) in [6, 6.07) is 9.45. The summed E-state index contributed by atoms with van der Waals surface area (Å²) in [7, 11) is 2.13. The summed E-state index contributed by atoms with van der Waals surface area (Å²) in [6.07, 6.45) is 2.39. The van der Waals surface area contributed by atoms with E-state index >= 15 is 0 Å². The van der Waals surface area contributed by atoms with Crippen molar-refractivity contribution in [1.82, 2.24) is 19.7 Å². The minimum absolute atomic E-state index is 0.00921. The fraction of sp³-hybridized carbons (Fsp3) is 0.500. The zero-order valence-corrected chi connectivity index (χ0v) is 15.3. The lowest BCUT2D eigenvalue weighted by atomic mass is 10.0. The maximum atomic E-state index is 12.9. The third-order valence-corrected chi connectivity index (χ3v) is 5.58. The Balaban J connectivity index is 1.42. The molecule has 1 aromatic carbocycles. The number of likely N-dealkylation sites (tertiary alicyclic amines) is 1. The van der Waals surface area contributed by atoms with E-state index in [0.29, 0.717) is 31.6 Å². The minimum Gasteiger partial charge on any atom is -0.387 e. The highest BCUT2D eigenvalue weighted by molar-refractivity contribution is 5.98. The highest BCUT2D eigenvalue weighted by atomic mass is 16.3. The van der Waals surface area contributed by atoms with Crippen LogP contribution in [0.2, 0.25) is 0 Å². The largest absolute Gasteiger partial charge is 0.387 e. The molecule has 2 fully saturated rings. The highest BCUT2D eigenvalue weighted by Gasteiger charge is 2.40. The molecule has 26 heavy (non-hydrogen) atoms. The SMILES string of the molecule is CN1CCN(C[C@@]2(O)CCN(C(=O)c3ccc4ncccc4c3)C2)CC1. The van der Waals surface area contributed by atoms with E-state index in [9.17, 15) is 9.90 Å². The zero-order chi connectivity index (χ0) is 18.1. The van der Waals surface area contributed by atoms with Gasteiger partial charge in [0.1, 0.15) is 0 Å². The molecule has 0 unspecified atom stereocenters. The molecule has 1 atom stereocenters. The van der Waals surface area contributed by atoms with Gasteiger partial charge in [-0.25, -0.2) is 0 Å². The number of piperazine rings is 1. The van der Waals surface area contributed by atoms with Crippen molar-refractivity contribution < 1.29 is 9.90 Å². The molecule has 2 aliphatic rings. The molecule has 0 bridgehead atoms. The predicted octanol–water partition coefficient (Wildman–Crippen LogP) is 1.06. The van der Waals surface area contributed by atoms with Crippen molar-refractivity contribution in [2.45, 2.75) is 12.0 Å². The summed E-state index contributed by atoms with van der Waals surface area (Å²) in [5.74, 6) is -0.00921. The van der Waals surface area contributed by atoms with Gasteiger partial charge in [-0.15, -0.1) is 0 Å². The minimum atomic E-state index is -0.802. The van der Waals surface area contributed by atoms with Crippen molar-refractivity contribution in [3.05, 3.63) is 42.1 Å². The molecule has 0 radical (unpaired) electrons. The third-order valence-electron chi connectivity index (χ3n) is 5.58. The number of aromatic nitrogens is 1. The molecule has 2 aliphatic heterocycles. The second-order valence-corrected chi connectivity index (χ2v) is 7.69. The van der Waals surface area contributed by atoms with E-state index in [0.717, 1.165) is 37.1 Å². The van der Waals surface area contributed by atoms with Gasteiger partial charge in [0.05, 0.1) is 17.7 Å². The average molecular weight is 354 g/mol. The number of β-amino-alcohol motifs (C(OH)–C–C–N with tert-alkyl or cyclic N) is 1. The molecule has 3 heterocycles. The Morgan fingerprint density at radius 1 is 1.19 bits per heavy atom. The maximum Gasteiger partial charge on any atom is 0.253 e. The molecule has 0 spiro atoms. The summed E-state index contributed by atoms with van der Waals surface area (Å²) in [6.45, 7) is 5.67. The van der Waals surface area contributed by atoms with Crippen LogP contribution in [-0.2, 0) is 0 Å². The summed E-state index contributed by atoms with van der Waals surface area (Å²) in [4.78, 5) is 23.6. The van der Waals surface area contributed by atoms with Gasteiger partial charge in [-0.3, -0.25) is 14.7 Å². The number of carbonyl (C=O) groups excluding carboxylic acids is 1. The normalized spacial score (nSPS) is 25.1. The van der Waals surface area contributed by atoms with Crippen molar-refractivity contribution in [3.63, 3.8) is 0 Å². The van der Waals surface area contributed by atoms with Gasteiger partial charge in [0.25, 0.3) is 5.91 Å². The van der Waals surface area contributed by atoms with Crippen molar-refractivity contribution in [2.24, 2.45) is 0 Å². The number of hydrogen-bond acceptors (Lipinski definition) is 5. The van der Waals surface area contributed by atoms with Crippen LogP contribution >= 0.6 is 0 Å². The smallest absolute Gasteiger partial charge is 0.253 e. The predicted molar refractivity (Wildman–Crippen MR) is 101 cm³/mol. The summed E-state index contributed by atoms with van der Waals surface area (Å²) in [5, 5.41) is 12.0. The summed E-state index contributed by atoms with van der Waals surface area (Å²) in [5.41, 5.74) is 0.746. The van der Waals surface area contributed by atoms with Gasteiger partial charge >= 0.3 is 0 Å². The Labute approximate surface area is 154 Å². The second-order valence-electron chi connectivity index (χ2n) is 7.69. The molecule has 138 valence electrons. The van der Waals surface area contributed by atoms with Gasteiger partial charge in [0.2, 0.25) is 0 Å². The van der Waals surface area contributed by atoms with E-state index < -0.39 is 5.60 Å². The molecule has 0 aliphatic carbocycles. The van der Waals surface area contributed by atoms with Gasteiger partial charge in [-0.1, -0.05) is 6.07 Å². The number of likely N-dealkylation sites (N-methyl/N-ethyl adjacent to an activating group) is 1. The lowest BCUT2D eigenvalue weighted by Gasteiger charge is -2.36. The molecule has 4 rings (SSSR count). The molecule has 1 aromatic heterocycles. The standard InChI is InChI=1S/C20H26N4O2/c1-22-9-11-23(12-10-22)14-20(26)6-8-24(15-20)19(25)17-4-5-18-16(13-17)3-2-7-21-18/h2-5,7,13,26H,6,8-12,14-15H2,1H3/t20-/m0/s1. The van der Waals surface area contributed by atoms with Crippen molar-refractivity contribution in [2.75, 3.05) is 52.9 Å². The van der Waals surface area contributed by atoms with Crippen LogP contribution in [0.4, 0.5) is 0 Å². The number of carbonyl (C=O) groups is 1. The number of fused-ring (bicyclic) bond motifs is 1. The van der Waals surface area contributed by atoms with Crippen LogP contribution in [0.25, 0.3) is 10.9 Å². The number of rotatable bonds is 3. The van der Waals surface area contributed by atoms with Crippen LogP contribution in [0.5, 0.6) is 0 Å². The summed E-state index contributed by atoms with van der Waals surface area (Å²) < 4.78 is 0. The second kappa shape index (κ2) is 6.95. The highest BCUT2D eigenvalue weighted by Crippen LogP contribution is 2.25. The van der Waals surface area contributed by atoms with E-state index in [1.54, 1.807) is 11.1 Å². The first kappa shape index (κ1) is 17.4. The van der Waals surface area contributed by atoms with Crippen molar-refractivity contribution >= 4 is 16.8 Å². The third kappa shape index (κ3) is 3.58. The van der Waals surface area contributed by atoms with E-state index in [1.165, 1.54) is 0 Å². The topological polar surface area (TPSA) is 59.9 Å². The fourth-order valence-electron chi connectivity index (χ4n) is 3.97. The molecule has 2 saturated heterocycles. The Kier molecular flexibility index (Phi) is 4.65. The molecular weight excluding hydrogens is 328 g/mol. The zero-order valence-electron chi connectivity index (χ0n) is 15.3. The van der Waals surface area contributed by atoms with E-state index in [1.807, 2.05) is 30.3 Å². The molecule has 6 heteroatoms. The van der Waals surface area contributed by atoms with Gasteiger partial charge in [0.15, 0.2) is 0 Å². The average Bonchev–Trinajstić information content (AvgIpc) is 3.04. The number of pyridine rings is 1. The molecule has 1 N–H and O–H groups in total. The first-order valence-electron chi connectivity index (χ1n) is 9.30. The number of aliphatic hydroxyl groups is 1. The van der Waals surface area contributed by atoms with Gasteiger partial charge in [-0.05, 0) is 37.7 Å². The molecule has 1 amide bonds. The quantitative estimate of drug-likeness (QED) is 0.893. The molecule has 2 aromatic rings. The Morgan fingerprint density at radius 3 is 2.81 bits per heavy atom. The first-order chi connectivity index (χ1) is 12.5. The summed E-state index contributed by atoms with van der Waals surface area (Å²) >= 11 is 0. The Hall–Kier alpha value is -2.02. The number of benzene rings is 1. The lowest BCUT2D eigenvalue weighted by Crippen LogP contribution is -2.52. The number of amides is 1. The van der Waals surface area contributed by atoms with Gasteiger partial charge in [-0.2, -0.15) is 0 Å². The van der Waals surface area contributed by atoms with E-state index in [4.69, 9.17) is 0 Å². The molecule has 0 saturated carbocycles. The first-order valence-corrected chi connectivity index (χ1v) is 9.30. The number of nitrogens with zero attached hydrogens (tertiary/aromatic N) is 4. The van der Waals surface area contributed by atoms with Gasteiger partial charge < -0.3 is 14.9 Å². The van der Waals surface area contributed by atoms with Crippen LogP contribution in [-0.4, -0.2) is 89.2 Å². The van der Waals surface area contributed by atoms with Crippen LogP contribution in [0.1, 0.15) is 16.8 Å². The number of hydrogen-bond donors (Lipinski definition) is 1. The Bertz CT molecular complexity index is 803. The van der Waals surface area contributed by atoms with Crippen LogP contribution in [0.3, 0.4) is 0 Å². The van der Waals surface area contributed by atoms with Crippen LogP contribution in [0.15, 0.2) is 36.5 Å². The molecule has 6 nitrogen and oxygen atoms in total. The maximum absolute atomic E-state index is 12.9. The fourth-order valence-corrected chi connectivity index (χ4v) is 3.97. The van der Waals surface area contributed by atoms with Crippen molar-refractivity contribution in [3.8, 4) is 0 Å². The monoisotopic (exact) mass is 354 g/mol. The molecular formula is C20H26N4O2. The van der Waals surface area contributed by atoms with Crippen LogP contribution < -0.4 is 0 Å². The lowest BCUT2D eigenvalue weighted by molar-refractivity contribution is 0.000527. The van der Waals surface area contributed by atoms with Crippen LogP contribution in [0, 0.1) is 0 Å². The van der Waals surface area contributed by atoms with E-state index in [-0.39, 0.29) is 5.91 Å². The Morgan fingerprint density at radius 2 is 2.00 bits per heavy atom. The van der Waals surface area contributed by atoms with Crippen molar-refractivity contribution in [1.29, 1.82) is 0 Å². The van der Waals surface area contributed by atoms with E-state index in [2.05, 4.69) is 21.8 Å². The van der Waals surface area contributed by atoms with Gasteiger partial charge in [0, 0.05) is 56.4 Å².